The predicted molar refractivity (Wildman–Crippen MR) is 210 cm³/mol. The molecular weight excluding hydrogens is 751 g/mol. The molecule has 6 amide bonds. The first kappa shape index (κ1) is 42.9. The number of aliphatic hydroxyl groups is 1. The minimum absolute atomic E-state index is 0.0157. The van der Waals surface area contributed by atoms with E-state index in [9.17, 15) is 39.0 Å². The van der Waals surface area contributed by atoms with E-state index in [1.54, 1.807) is 18.3 Å². The van der Waals surface area contributed by atoms with Gasteiger partial charge in [-0.2, -0.15) is 0 Å². The van der Waals surface area contributed by atoms with Gasteiger partial charge in [0.2, 0.25) is 29.5 Å². The van der Waals surface area contributed by atoms with Crippen molar-refractivity contribution in [2.24, 2.45) is 17.2 Å². The van der Waals surface area contributed by atoms with Crippen LogP contribution in [0.15, 0.2) is 54.7 Å². The third-order valence-corrected chi connectivity index (χ3v) is 11.5. The highest BCUT2D eigenvalue weighted by Crippen LogP contribution is 2.24. The molecule has 298 valence electrons. The van der Waals surface area contributed by atoms with Gasteiger partial charge in [-0.25, -0.2) is 0 Å². The van der Waals surface area contributed by atoms with Crippen molar-refractivity contribution in [2.75, 3.05) is 18.1 Å². The fourth-order valence-corrected chi connectivity index (χ4v) is 7.97. The zero-order valence-electron chi connectivity index (χ0n) is 30.3. The van der Waals surface area contributed by atoms with Gasteiger partial charge in [-0.05, 0) is 62.1 Å². The van der Waals surface area contributed by atoms with Crippen LogP contribution in [0.1, 0.15) is 43.7 Å². The van der Waals surface area contributed by atoms with Gasteiger partial charge in [0.25, 0.3) is 5.91 Å². The van der Waals surface area contributed by atoms with E-state index >= 15 is 0 Å². The molecule has 0 bridgehead atoms. The van der Waals surface area contributed by atoms with Crippen molar-refractivity contribution in [3.63, 3.8) is 0 Å². The number of aromatic nitrogens is 1. The molecule has 1 fully saturated rings. The molecule has 55 heavy (non-hydrogen) atoms. The summed E-state index contributed by atoms with van der Waals surface area (Å²) in [6.45, 7) is 1.47. The molecule has 3 aromatic rings. The molecule has 19 heteroatoms. The van der Waals surface area contributed by atoms with Crippen LogP contribution in [0.2, 0.25) is 0 Å². The number of aromatic hydroxyl groups is 1. The Bertz CT molecular complexity index is 1830. The molecule has 4 rings (SSSR count). The van der Waals surface area contributed by atoms with Gasteiger partial charge in [-0.15, -0.1) is 0 Å². The summed E-state index contributed by atoms with van der Waals surface area (Å²) >= 11 is 0. The molecule has 1 saturated heterocycles. The number of fused-ring (bicyclic) bond motifs is 1. The average molecular weight is 800 g/mol. The normalized spacial score (nSPS) is 24.5. The number of carbonyl (C=O) groups is 6. The van der Waals surface area contributed by atoms with E-state index in [1.165, 1.54) is 29.9 Å². The number of nitrogens with two attached hydrogens (primary N) is 3. The molecule has 0 radical (unpaired) electrons. The first-order chi connectivity index (χ1) is 26.2. The number of hydrogen-bond acceptors (Lipinski definition) is 12. The maximum atomic E-state index is 14.3. The molecule has 0 aliphatic carbocycles. The number of para-hydroxylation sites is 1. The second-order valence-electron chi connectivity index (χ2n) is 13.3. The number of aliphatic hydroxyl groups excluding tert-OH is 1. The van der Waals surface area contributed by atoms with Gasteiger partial charge in [-0.3, -0.25) is 34.5 Å². The van der Waals surface area contributed by atoms with Crippen molar-refractivity contribution < 1.29 is 39.0 Å². The summed E-state index contributed by atoms with van der Waals surface area (Å²) in [5.41, 5.74) is 17.2. The Morgan fingerprint density at radius 3 is 2.24 bits per heavy atom. The van der Waals surface area contributed by atoms with Crippen LogP contribution in [-0.4, -0.2) is 105 Å². The van der Waals surface area contributed by atoms with Crippen molar-refractivity contribution >= 4 is 67.9 Å². The first-order valence-electron chi connectivity index (χ1n) is 17.8. The summed E-state index contributed by atoms with van der Waals surface area (Å²) in [5, 5.41) is 34.3. The molecule has 1 aliphatic heterocycles. The second kappa shape index (κ2) is 20.2. The highest BCUT2D eigenvalue weighted by Gasteiger charge is 2.44. The van der Waals surface area contributed by atoms with Gasteiger partial charge in [0.1, 0.15) is 29.9 Å². The van der Waals surface area contributed by atoms with E-state index in [1.807, 2.05) is 24.3 Å². The number of unbranched alkanes of at least 4 members (excludes halogenated alkanes) is 1. The Morgan fingerprint density at radius 2 is 1.56 bits per heavy atom. The SMILES string of the molecule is C[C@@H](O)[C@]1(N)NC(=O)C(CCCCN)NC(=O)[C@@H](Cc2c[nH]c3ccccc23)NC(=O)[C@H](Cc2ccc(O)cc2)NC(=O)CCSSC[C@@H](C(N)=O)NC1=O. The monoisotopic (exact) mass is 799 g/mol. The lowest BCUT2D eigenvalue weighted by atomic mass is 10.00. The Labute approximate surface area is 325 Å². The molecule has 1 aliphatic rings. The average Bonchev–Trinajstić information content (AvgIpc) is 3.55. The number of nitrogens with one attached hydrogen (secondary N) is 6. The van der Waals surface area contributed by atoms with Crippen LogP contribution in [0.4, 0.5) is 0 Å². The number of hydrogen-bond donors (Lipinski definition) is 11. The second-order valence-corrected chi connectivity index (χ2v) is 15.9. The number of benzene rings is 2. The van der Waals surface area contributed by atoms with Gasteiger partial charge >= 0.3 is 0 Å². The largest absolute Gasteiger partial charge is 0.508 e. The maximum Gasteiger partial charge on any atom is 0.264 e. The lowest BCUT2D eigenvalue weighted by molar-refractivity contribution is -0.141. The third-order valence-electron chi connectivity index (χ3n) is 9.08. The first-order valence-corrected chi connectivity index (χ1v) is 20.3. The van der Waals surface area contributed by atoms with Gasteiger partial charge in [0, 0.05) is 47.9 Å². The number of aromatic amines is 1. The number of H-pyrrole nitrogens is 1. The molecule has 2 heterocycles. The zero-order valence-corrected chi connectivity index (χ0v) is 32.0. The Kier molecular flexibility index (Phi) is 15.8. The van der Waals surface area contributed by atoms with Crippen LogP contribution in [0.5, 0.6) is 5.75 Å². The number of primary amides is 1. The molecule has 6 atom stereocenters. The molecule has 1 unspecified atom stereocenters. The fraction of sp³-hybridized carbons (Fsp3) is 0.444. The van der Waals surface area contributed by atoms with E-state index in [4.69, 9.17) is 17.2 Å². The Morgan fingerprint density at radius 1 is 0.891 bits per heavy atom. The molecule has 17 nitrogen and oxygen atoms in total. The number of phenolic OH excluding ortho intramolecular Hbond substituents is 1. The van der Waals surface area contributed by atoms with Gasteiger partial charge in [0.05, 0.1) is 6.10 Å². The molecule has 14 N–H and O–H groups in total. The highest BCUT2D eigenvalue weighted by atomic mass is 33.1. The third kappa shape index (κ3) is 12.1. The van der Waals surface area contributed by atoms with Crippen LogP contribution >= 0.6 is 21.6 Å². The lowest BCUT2D eigenvalue weighted by Crippen LogP contribution is -2.73. The van der Waals surface area contributed by atoms with Gasteiger partial charge in [-0.1, -0.05) is 51.9 Å². The van der Waals surface area contributed by atoms with E-state index < -0.39 is 71.4 Å². The molecule has 1 aromatic heterocycles. The van der Waals surface area contributed by atoms with Crippen LogP contribution in [0.25, 0.3) is 10.9 Å². The predicted octanol–water partition coefficient (Wildman–Crippen LogP) is -0.851. The molecule has 2 aromatic carbocycles. The minimum Gasteiger partial charge on any atom is -0.508 e. The van der Waals surface area contributed by atoms with Crippen molar-refractivity contribution in [1.29, 1.82) is 0 Å². The molecule has 0 spiro atoms. The van der Waals surface area contributed by atoms with Crippen LogP contribution in [0.3, 0.4) is 0 Å². The van der Waals surface area contributed by atoms with Gasteiger partial charge < -0.3 is 53.2 Å². The maximum absolute atomic E-state index is 14.3. The Hall–Kier alpha value is -4.82. The summed E-state index contributed by atoms with van der Waals surface area (Å²) in [7, 11) is 2.35. The lowest BCUT2D eigenvalue weighted by Gasteiger charge is -2.34. The summed E-state index contributed by atoms with van der Waals surface area (Å²) in [5.74, 6) is -4.63. The van der Waals surface area contributed by atoms with Crippen LogP contribution in [-0.2, 0) is 41.6 Å². The van der Waals surface area contributed by atoms with Gasteiger partial charge in [0.15, 0.2) is 5.66 Å². The van der Waals surface area contributed by atoms with Crippen LogP contribution < -0.4 is 43.8 Å². The van der Waals surface area contributed by atoms with E-state index in [0.717, 1.165) is 21.7 Å². The topological polar surface area (TPSA) is 297 Å². The van der Waals surface area contributed by atoms with Crippen molar-refractivity contribution in [1.82, 2.24) is 31.6 Å². The van der Waals surface area contributed by atoms with Crippen molar-refractivity contribution in [3.8, 4) is 5.75 Å². The number of amides is 6. The van der Waals surface area contributed by atoms with Crippen LogP contribution in [0, 0.1) is 0 Å². The summed E-state index contributed by atoms with van der Waals surface area (Å²) < 4.78 is 0. The molecular formula is C36H49N9O8S2. The van der Waals surface area contributed by atoms with E-state index in [2.05, 4.69) is 31.6 Å². The van der Waals surface area contributed by atoms with Crippen molar-refractivity contribution in [2.45, 2.75) is 81.4 Å². The number of rotatable bonds is 10. The number of carbonyl (C=O) groups excluding carboxylic acids is 6. The van der Waals surface area contributed by atoms with E-state index in [-0.39, 0.29) is 49.5 Å². The smallest absolute Gasteiger partial charge is 0.264 e. The zero-order chi connectivity index (χ0) is 40.1. The van der Waals surface area contributed by atoms with Crippen molar-refractivity contribution in [3.05, 3.63) is 65.9 Å². The summed E-state index contributed by atoms with van der Waals surface area (Å²) in [6.07, 6.45) is 0.873. The quantitative estimate of drug-likeness (QED) is 0.0884. The minimum atomic E-state index is -2.46. The fourth-order valence-electron chi connectivity index (χ4n) is 5.80. The van der Waals surface area contributed by atoms with E-state index in [0.29, 0.717) is 24.0 Å². The summed E-state index contributed by atoms with van der Waals surface area (Å²) in [4.78, 5) is 84.4. The standard InChI is InChI=1S/C36H49N9O8S2/c1-20(46)36(39)35(53)44-29(31(38)49)19-55-54-15-13-30(48)41-27(16-21-9-11-23(47)12-10-21)32(50)43-28(17-22-18-40-25-7-3-2-6-24(22)25)33(51)42-26(34(52)45-36)8-4-5-14-37/h2-3,6-7,9-12,18,20,26-29,40,46-47H,4-5,8,13-17,19,37,39H2,1H3,(H2,38,49)(H,41,48)(H,42,51)(H,43,50)(H,44,53)(H,45,52)/t20-,26?,27+,28-,29+,36+/m1/s1. The molecule has 0 saturated carbocycles. The highest BCUT2D eigenvalue weighted by molar-refractivity contribution is 8.76. The number of phenols is 1. The Balaban J connectivity index is 1.74. The summed E-state index contributed by atoms with van der Waals surface area (Å²) in [6, 6.07) is 8.46.